The van der Waals surface area contributed by atoms with E-state index in [2.05, 4.69) is 9.97 Å². The maximum Gasteiger partial charge on any atom is 0.167 e. The molecule has 4 aliphatic carbocycles. The molecule has 0 amide bonds. The van der Waals surface area contributed by atoms with Gasteiger partial charge in [-0.15, -0.1) is 0 Å². The van der Waals surface area contributed by atoms with Crippen LogP contribution in [-0.4, -0.2) is 9.97 Å². The Balaban J connectivity index is 1.73. The third-order valence-corrected chi connectivity index (χ3v) is 5.62. The van der Waals surface area contributed by atoms with E-state index < -0.39 is 0 Å². The molecule has 0 atom stereocenters. The van der Waals surface area contributed by atoms with Crippen molar-refractivity contribution < 1.29 is 4.39 Å². The zero-order valence-corrected chi connectivity index (χ0v) is 11.1. The highest BCUT2D eigenvalue weighted by Crippen LogP contribution is 2.59. The summed E-state index contributed by atoms with van der Waals surface area (Å²) in [5.74, 6) is 3.18. The van der Waals surface area contributed by atoms with Crippen molar-refractivity contribution in [2.75, 3.05) is 0 Å². The van der Waals surface area contributed by atoms with Crippen LogP contribution in [0.2, 0.25) is 0 Å². The molecule has 4 heteroatoms. The van der Waals surface area contributed by atoms with E-state index in [0.29, 0.717) is 29.1 Å². The molecule has 1 heterocycles. The largest absolute Gasteiger partial charge is 0.325 e. The van der Waals surface area contributed by atoms with Crippen molar-refractivity contribution in [2.24, 2.45) is 29.4 Å². The van der Waals surface area contributed by atoms with Gasteiger partial charge in [-0.2, -0.15) is 0 Å². The molecule has 4 bridgehead atoms. The molecule has 4 saturated carbocycles. The van der Waals surface area contributed by atoms with E-state index >= 15 is 0 Å². The maximum absolute atomic E-state index is 14.5. The van der Waals surface area contributed by atoms with E-state index in [9.17, 15) is 4.39 Å². The molecule has 5 rings (SSSR count). The predicted octanol–water partition coefficient (Wildman–Crippen LogP) is 2.61. The lowest BCUT2D eigenvalue weighted by Gasteiger charge is -2.54. The van der Waals surface area contributed by atoms with Crippen LogP contribution in [0.25, 0.3) is 0 Å². The Morgan fingerprint density at radius 2 is 1.68 bits per heavy atom. The third kappa shape index (κ3) is 1.72. The summed E-state index contributed by atoms with van der Waals surface area (Å²) in [6, 6.07) is 0. The van der Waals surface area contributed by atoms with Crippen LogP contribution in [0.1, 0.15) is 49.4 Å². The van der Waals surface area contributed by atoms with Crippen molar-refractivity contribution in [3.63, 3.8) is 0 Å². The first-order valence-electron chi connectivity index (χ1n) is 7.45. The van der Waals surface area contributed by atoms with Crippen LogP contribution in [0, 0.1) is 29.5 Å². The summed E-state index contributed by atoms with van der Waals surface area (Å²) >= 11 is 0. The highest BCUT2D eigenvalue weighted by Gasteiger charge is 2.49. The van der Waals surface area contributed by atoms with Crippen LogP contribution in [0.15, 0.2) is 6.33 Å². The van der Waals surface area contributed by atoms with Gasteiger partial charge in [-0.3, -0.25) is 0 Å². The third-order valence-electron chi connectivity index (χ3n) is 5.62. The molecular weight excluding hydrogens is 241 g/mol. The molecule has 19 heavy (non-hydrogen) atoms. The lowest BCUT2D eigenvalue weighted by molar-refractivity contribution is -0.00549. The normalized spacial score (nSPS) is 39.8. The molecule has 0 saturated heterocycles. The fourth-order valence-electron chi connectivity index (χ4n) is 5.17. The summed E-state index contributed by atoms with van der Waals surface area (Å²) in [7, 11) is 0. The Labute approximate surface area is 112 Å². The number of rotatable bonds is 2. The summed E-state index contributed by atoms with van der Waals surface area (Å²) < 4.78 is 14.5. The molecule has 4 fully saturated rings. The van der Waals surface area contributed by atoms with E-state index in [0.717, 1.165) is 11.8 Å². The highest BCUT2D eigenvalue weighted by atomic mass is 19.1. The zero-order chi connectivity index (χ0) is 13.0. The Morgan fingerprint density at radius 3 is 2.26 bits per heavy atom. The quantitative estimate of drug-likeness (QED) is 0.890. The zero-order valence-electron chi connectivity index (χ0n) is 11.1. The van der Waals surface area contributed by atoms with Crippen molar-refractivity contribution in [1.82, 2.24) is 9.97 Å². The van der Waals surface area contributed by atoms with Crippen LogP contribution >= 0.6 is 0 Å². The maximum atomic E-state index is 14.5. The average Bonchev–Trinajstić information content (AvgIpc) is 2.39. The van der Waals surface area contributed by atoms with Gasteiger partial charge >= 0.3 is 0 Å². The molecule has 1 aromatic rings. The van der Waals surface area contributed by atoms with Gasteiger partial charge in [-0.1, -0.05) is 0 Å². The first-order chi connectivity index (χ1) is 9.26. The van der Waals surface area contributed by atoms with Gasteiger partial charge in [0.05, 0.1) is 11.4 Å². The van der Waals surface area contributed by atoms with E-state index in [1.165, 1.54) is 38.4 Å². The number of aromatic nitrogens is 2. The minimum Gasteiger partial charge on any atom is -0.325 e. The van der Waals surface area contributed by atoms with Gasteiger partial charge in [-0.25, -0.2) is 14.4 Å². The van der Waals surface area contributed by atoms with Crippen LogP contribution in [0.4, 0.5) is 4.39 Å². The predicted molar refractivity (Wildman–Crippen MR) is 69.7 cm³/mol. The molecule has 3 nitrogen and oxygen atoms in total. The van der Waals surface area contributed by atoms with Gasteiger partial charge in [0.1, 0.15) is 6.33 Å². The van der Waals surface area contributed by atoms with Crippen molar-refractivity contribution in [3.8, 4) is 0 Å². The summed E-state index contributed by atoms with van der Waals surface area (Å²) in [6.45, 7) is 0.161. The minimum absolute atomic E-state index is 0.161. The van der Waals surface area contributed by atoms with E-state index in [-0.39, 0.29) is 12.4 Å². The smallest absolute Gasteiger partial charge is 0.167 e. The Morgan fingerprint density at radius 1 is 1.05 bits per heavy atom. The first kappa shape index (κ1) is 11.8. The Bertz CT molecular complexity index is 474. The van der Waals surface area contributed by atoms with Crippen molar-refractivity contribution >= 4 is 0 Å². The number of halogens is 1. The molecule has 0 unspecified atom stereocenters. The molecule has 102 valence electrons. The number of hydrogen-bond donors (Lipinski definition) is 1. The molecule has 0 aromatic carbocycles. The van der Waals surface area contributed by atoms with Crippen molar-refractivity contribution in [1.29, 1.82) is 0 Å². The highest BCUT2D eigenvalue weighted by molar-refractivity contribution is 5.21. The second-order valence-electron chi connectivity index (χ2n) is 6.68. The monoisotopic (exact) mass is 261 g/mol. The van der Waals surface area contributed by atoms with Gasteiger partial charge in [0, 0.05) is 12.5 Å². The average molecular weight is 261 g/mol. The van der Waals surface area contributed by atoms with E-state index in [1.807, 2.05) is 0 Å². The fourth-order valence-corrected chi connectivity index (χ4v) is 5.17. The Kier molecular flexibility index (Phi) is 2.62. The summed E-state index contributed by atoms with van der Waals surface area (Å²) in [5, 5.41) is 0. The molecule has 4 aliphatic rings. The minimum atomic E-state index is -0.234. The van der Waals surface area contributed by atoms with Crippen LogP contribution in [0.3, 0.4) is 0 Å². The van der Waals surface area contributed by atoms with Crippen LogP contribution in [-0.2, 0) is 6.54 Å². The molecule has 0 spiro atoms. The van der Waals surface area contributed by atoms with Gasteiger partial charge < -0.3 is 5.73 Å². The lowest BCUT2D eigenvalue weighted by atomic mass is 9.51. The topological polar surface area (TPSA) is 51.8 Å². The summed E-state index contributed by atoms with van der Waals surface area (Å²) in [5.41, 5.74) is 6.59. The van der Waals surface area contributed by atoms with E-state index in [1.54, 1.807) is 0 Å². The fraction of sp³-hybridized carbons (Fsp3) is 0.733. The van der Waals surface area contributed by atoms with Gasteiger partial charge in [0.25, 0.3) is 0 Å². The van der Waals surface area contributed by atoms with Gasteiger partial charge in [0.15, 0.2) is 5.82 Å². The molecule has 0 aliphatic heterocycles. The molecule has 2 N–H and O–H groups in total. The van der Waals surface area contributed by atoms with Crippen LogP contribution < -0.4 is 5.73 Å². The Hall–Kier alpha value is -1.03. The van der Waals surface area contributed by atoms with Crippen molar-refractivity contribution in [2.45, 2.75) is 44.6 Å². The molecule has 1 aromatic heterocycles. The van der Waals surface area contributed by atoms with Crippen molar-refractivity contribution in [3.05, 3.63) is 23.5 Å². The SMILES string of the molecule is NCc1ncnc(C2C3CC4CC(C3)CC2C4)c1F. The number of hydrogen-bond acceptors (Lipinski definition) is 3. The first-order valence-corrected chi connectivity index (χ1v) is 7.45. The standard InChI is InChI=1S/C15H20FN3/c16-14-12(6-17)18-7-19-15(14)13-10-2-8-1-9(4-10)5-11(13)3-8/h7-11,13H,1-6,17H2. The second-order valence-corrected chi connectivity index (χ2v) is 6.68. The van der Waals surface area contributed by atoms with Gasteiger partial charge in [-0.05, 0) is 55.8 Å². The van der Waals surface area contributed by atoms with E-state index in [4.69, 9.17) is 5.73 Å². The van der Waals surface area contributed by atoms with Crippen LogP contribution in [0.5, 0.6) is 0 Å². The second kappa shape index (κ2) is 4.23. The summed E-state index contributed by atoms with van der Waals surface area (Å²) in [4.78, 5) is 8.25. The molecular formula is C15H20FN3. The molecule has 0 radical (unpaired) electrons. The lowest BCUT2D eigenvalue weighted by Crippen LogP contribution is -2.44. The number of nitrogens with two attached hydrogens (primary N) is 1. The summed E-state index contributed by atoms with van der Waals surface area (Å²) in [6.07, 6.45) is 8.02. The number of nitrogens with zero attached hydrogens (tertiary/aromatic N) is 2. The van der Waals surface area contributed by atoms with Gasteiger partial charge in [0.2, 0.25) is 0 Å².